The lowest BCUT2D eigenvalue weighted by Gasteiger charge is -2.11. The molecule has 0 saturated carbocycles. The Morgan fingerprint density at radius 2 is 1.97 bits per heavy atom. The number of pyridine rings is 1. The van der Waals surface area contributed by atoms with E-state index in [0.29, 0.717) is 28.4 Å². The fraction of sp³-hybridized carbons (Fsp3) is 0.263. The van der Waals surface area contributed by atoms with Gasteiger partial charge in [0.1, 0.15) is 12.0 Å². The van der Waals surface area contributed by atoms with E-state index in [-0.39, 0.29) is 22.7 Å². The summed E-state index contributed by atoms with van der Waals surface area (Å²) in [6, 6.07) is 8.41. The highest BCUT2D eigenvalue weighted by atomic mass is 16.6. The fourth-order valence-corrected chi connectivity index (χ4v) is 3.40. The molecule has 0 unspecified atom stereocenters. The van der Waals surface area contributed by atoms with Crippen molar-refractivity contribution in [3.63, 3.8) is 0 Å². The second-order valence-electron chi connectivity index (χ2n) is 7.09. The van der Waals surface area contributed by atoms with Gasteiger partial charge < -0.3 is 4.57 Å². The number of aromatic nitrogens is 6. The number of hydrogen-bond acceptors (Lipinski definition) is 6. The summed E-state index contributed by atoms with van der Waals surface area (Å²) in [7, 11) is 1.72. The number of nitrogens with zero attached hydrogens (tertiary/aromatic N) is 7. The molecule has 0 fully saturated rings. The predicted octanol–water partition coefficient (Wildman–Crippen LogP) is 2.78. The maximum Gasteiger partial charge on any atom is 0.280 e. The average Bonchev–Trinajstić information content (AvgIpc) is 3.25. The van der Waals surface area contributed by atoms with Gasteiger partial charge in [-0.05, 0) is 39.0 Å². The quantitative estimate of drug-likeness (QED) is 0.389. The monoisotopic (exact) mass is 393 g/mol. The molecule has 4 aromatic rings. The third-order valence-corrected chi connectivity index (χ3v) is 4.89. The van der Waals surface area contributed by atoms with Crippen LogP contribution in [0.4, 0.5) is 5.69 Å². The molecule has 0 N–H and O–H groups in total. The second-order valence-corrected chi connectivity index (χ2v) is 7.09. The molecule has 29 heavy (non-hydrogen) atoms. The average molecular weight is 393 g/mol. The van der Waals surface area contributed by atoms with Gasteiger partial charge in [0.25, 0.3) is 11.2 Å². The van der Waals surface area contributed by atoms with E-state index in [1.807, 2.05) is 18.4 Å². The van der Waals surface area contributed by atoms with Crippen molar-refractivity contribution in [2.24, 2.45) is 7.05 Å². The Kier molecular flexibility index (Phi) is 4.26. The van der Waals surface area contributed by atoms with E-state index < -0.39 is 4.92 Å². The number of fused-ring (bicyclic) bond motifs is 1. The molecule has 3 aromatic heterocycles. The molecule has 0 amide bonds. The molecule has 148 valence electrons. The molecule has 10 nitrogen and oxygen atoms in total. The summed E-state index contributed by atoms with van der Waals surface area (Å²) in [6.45, 7) is 5.68. The Morgan fingerprint density at radius 3 is 2.66 bits per heavy atom. The fourth-order valence-electron chi connectivity index (χ4n) is 3.40. The Labute approximate surface area is 165 Å². The smallest absolute Gasteiger partial charge is 0.280 e. The van der Waals surface area contributed by atoms with E-state index in [1.54, 1.807) is 49.2 Å². The minimum Gasteiger partial charge on any atom is -0.310 e. The molecule has 0 aliphatic rings. The largest absolute Gasteiger partial charge is 0.310 e. The molecular weight excluding hydrogens is 374 g/mol. The van der Waals surface area contributed by atoms with Gasteiger partial charge in [-0.3, -0.25) is 19.6 Å². The van der Waals surface area contributed by atoms with Crippen LogP contribution in [0.25, 0.3) is 28.2 Å². The van der Waals surface area contributed by atoms with Crippen LogP contribution < -0.4 is 5.56 Å². The summed E-state index contributed by atoms with van der Waals surface area (Å²) in [4.78, 5) is 28.4. The van der Waals surface area contributed by atoms with Crippen LogP contribution in [0.15, 0.2) is 41.5 Å². The number of nitro groups is 1. The summed E-state index contributed by atoms with van der Waals surface area (Å²) in [6.07, 6.45) is 1.64. The lowest BCUT2D eigenvalue weighted by atomic mass is 10.1. The summed E-state index contributed by atoms with van der Waals surface area (Å²) < 4.78 is 4.93. The van der Waals surface area contributed by atoms with Gasteiger partial charge in [0.05, 0.1) is 15.8 Å². The van der Waals surface area contributed by atoms with Gasteiger partial charge in [-0.2, -0.15) is 4.68 Å². The first-order chi connectivity index (χ1) is 13.8. The van der Waals surface area contributed by atoms with E-state index in [4.69, 9.17) is 0 Å². The van der Waals surface area contributed by atoms with Crippen LogP contribution >= 0.6 is 0 Å². The number of nitro benzene ring substituents is 1. The summed E-state index contributed by atoms with van der Waals surface area (Å²) in [5.74, 6) is 0.991. The van der Waals surface area contributed by atoms with Crippen molar-refractivity contribution in [3.05, 3.63) is 62.7 Å². The first-order valence-corrected chi connectivity index (χ1v) is 9.03. The molecule has 3 heterocycles. The highest BCUT2D eigenvalue weighted by Gasteiger charge is 2.20. The lowest BCUT2D eigenvalue weighted by molar-refractivity contribution is -0.385. The van der Waals surface area contributed by atoms with Crippen LogP contribution in [0.5, 0.6) is 0 Å². The van der Waals surface area contributed by atoms with E-state index in [2.05, 4.69) is 15.2 Å². The van der Waals surface area contributed by atoms with Gasteiger partial charge in [-0.25, -0.2) is 4.98 Å². The minimum absolute atomic E-state index is 0.0842. The van der Waals surface area contributed by atoms with Gasteiger partial charge in [0.15, 0.2) is 11.6 Å². The summed E-state index contributed by atoms with van der Waals surface area (Å²) >= 11 is 0. The number of aryl methyl sites for hydroxylation is 2. The molecule has 0 aliphatic carbocycles. The Balaban J connectivity index is 1.93. The SMILES string of the molecule is Cc1cc2c(cc1[N+](=O)[O-])c(=O)n(-c1cccc(-c3nncn3C(C)C)n1)n2C. The van der Waals surface area contributed by atoms with Crippen LogP contribution in [-0.4, -0.2) is 34.0 Å². The molecule has 0 radical (unpaired) electrons. The Bertz CT molecular complexity index is 1310. The van der Waals surface area contributed by atoms with E-state index >= 15 is 0 Å². The van der Waals surface area contributed by atoms with Crippen molar-refractivity contribution in [1.29, 1.82) is 0 Å². The van der Waals surface area contributed by atoms with Crippen molar-refractivity contribution >= 4 is 16.6 Å². The third kappa shape index (κ3) is 2.89. The zero-order valence-electron chi connectivity index (χ0n) is 16.4. The van der Waals surface area contributed by atoms with Crippen LogP contribution in [0, 0.1) is 17.0 Å². The van der Waals surface area contributed by atoms with E-state index in [9.17, 15) is 14.9 Å². The number of rotatable bonds is 4. The van der Waals surface area contributed by atoms with Crippen molar-refractivity contribution in [2.45, 2.75) is 26.8 Å². The zero-order chi connectivity index (χ0) is 20.9. The topological polar surface area (TPSA) is 114 Å². The molecule has 1 aromatic carbocycles. The molecule has 0 aliphatic heterocycles. The van der Waals surface area contributed by atoms with Gasteiger partial charge in [-0.1, -0.05) is 6.07 Å². The lowest BCUT2D eigenvalue weighted by Crippen LogP contribution is -2.20. The molecule has 0 saturated heterocycles. The Hall–Kier alpha value is -3.82. The number of hydrogen-bond donors (Lipinski definition) is 0. The van der Waals surface area contributed by atoms with Crippen LogP contribution in [0.3, 0.4) is 0 Å². The molecular formula is C19H19N7O3. The molecule has 0 atom stereocenters. The van der Waals surface area contributed by atoms with E-state index in [1.165, 1.54) is 10.7 Å². The van der Waals surface area contributed by atoms with Crippen molar-refractivity contribution in [1.82, 2.24) is 29.1 Å². The standard InChI is InChI=1S/C19H19N7O3/c1-11(2)24-10-20-22-18(24)14-6-5-7-17(21-14)25-19(27)13-9-15(26(28)29)12(3)8-16(13)23(25)4/h5-11H,1-4H3. The molecule has 0 spiro atoms. The highest BCUT2D eigenvalue weighted by molar-refractivity contribution is 5.83. The van der Waals surface area contributed by atoms with Crippen molar-refractivity contribution < 1.29 is 4.92 Å². The summed E-state index contributed by atoms with van der Waals surface area (Å²) in [5, 5.41) is 19.6. The Morgan fingerprint density at radius 1 is 1.21 bits per heavy atom. The van der Waals surface area contributed by atoms with E-state index in [0.717, 1.165) is 0 Å². The molecule has 10 heteroatoms. The van der Waals surface area contributed by atoms with Gasteiger partial charge >= 0.3 is 0 Å². The normalized spacial score (nSPS) is 11.5. The zero-order valence-corrected chi connectivity index (χ0v) is 16.4. The van der Waals surface area contributed by atoms with Crippen LogP contribution in [0.1, 0.15) is 25.5 Å². The van der Waals surface area contributed by atoms with Crippen LogP contribution in [-0.2, 0) is 7.05 Å². The van der Waals surface area contributed by atoms with Crippen molar-refractivity contribution in [2.75, 3.05) is 0 Å². The predicted molar refractivity (Wildman–Crippen MR) is 107 cm³/mol. The van der Waals surface area contributed by atoms with Crippen molar-refractivity contribution in [3.8, 4) is 17.3 Å². The first kappa shape index (κ1) is 18.5. The summed E-state index contributed by atoms with van der Waals surface area (Å²) in [5.41, 5.74) is 1.20. The van der Waals surface area contributed by atoms with Gasteiger partial charge in [0, 0.05) is 24.7 Å². The highest BCUT2D eigenvalue weighted by Crippen LogP contribution is 2.25. The first-order valence-electron chi connectivity index (χ1n) is 9.03. The maximum atomic E-state index is 13.1. The van der Waals surface area contributed by atoms with Crippen LogP contribution in [0.2, 0.25) is 0 Å². The maximum absolute atomic E-state index is 13.1. The number of benzene rings is 1. The van der Waals surface area contributed by atoms with Gasteiger partial charge in [-0.15, -0.1) is 10.2 Å². The van der Waals surface area contributed by atoms with Gasteiger partial charge in [0.2, 0.25) is 0 Å². The third-order valence-electron chi connectivity index (χ3n) is 4.89. The molecule has 4 rings (SSSR count). The molecule has 0 bridgehead atoms. The minimum atomic E-state index is -0.483. The second kappa shape index (κ2) is 6.66.